The van der Waals surface area contributed by atoms with E-state index in [1.54, 1.807) is 0 Å². The second-order valence-corrected chi connectivity index (χ2v) is 2.79. The van der Waals surface area contributed by atoms with Gasteiger partial charge in [0.1, 0.15) is 11.6 Å². The zero-order valence-corrected chi connectivity index (χ0v) is 7.66. The summed E-state index contributed by atoms with van der Waals surface area (Å²) >= 11 is 1.91. The Labute approximate surface area is 76.9 Å². The van der Waals surface area contributed by atoms with E-state index in [2.05, 4.69) is 9.97 Å². The maximum Gasteiger partial charge on any atom is 0.194 e. The van der Waals surface area contributed by atoms with Crippen LogP contribution in [0.2, 0.25) is 0 Å². The van der Waals surface area contributed by atoms with Crippen LogP contribution in [0.4, 0.5) is 11.6 Å². The maximum absolute atomic E-state index is 6.93. The van der Waals surface area contributed by atoms with E-state index < -0.39 is 0 Å². The van der Waals surface area contributed by atoms with Crippen LogP contribution < -0.4 is 11.5 Å². The van der Waals surface area contributed by atoms with Gasteiger partial charge in [-0.2, -0.15) is 0 Å². The van der Waals surface area contributed by atoms with Crippen molar-refractivity contribution in [1.82, 2.24) is 9.97 Å². The lowest BCUT2D eigenvalue weighted by Crippen LogP contribution is -2.06. The Balaban J connectivity index is 3.36. The molecule has 0 spiro atoms. The average Bonchev–Trinajstić information content (AvgIpc) is 1.85. The summed E-state index contributed by atoms with van der Waals surface area (Å²) in [5.41, 5.74) is 11.3. The molecule has 1 aromatic heterocycles. The van der Waals surface area contributed by atoms with Gasteiger partial charge in [0, 0.05) is 28.8 Å². The summed E-state index contributed by atoms with van der Waals surface area (Å²) in [6, 6.07) is 0. The lowest BCUT2D eigenvalue weighted by atomic mass is 10.3. The number of hydrogen-bond donors (Lipinski definition) is 3. The molecule has 1 rings (SSSR count). The molecule has 0 fully saturated rings. The zero-order valence-electron chi connectivity index (χ0n) is 5.50. The van der Waals surface area contributed by atoms with Crippen LogP contribution in [-0.4, -0.2) is 16.2 Å². The van der Waals surface area contributed by atoms with Gasteiger partial charge in [0.2, 0.25) is 0 Å². The van der Waals surface area contributed by atoms with E-state index in [9.17, 15) is 0 Å². The number of nitrogens with zero attached hydrogens (tertiary/aromatic N) is 2. The fourth-order valence-electron chi connectivity index (χ4n) is 0.623. The van der Waals surface area contributed by atoms with Crippen molar-refractivity contribution in [3.63, 3.8) is 0 Å². The molecule has 0 aliphatic rings. The smallest absolute Gasteiger partial charge is 0.194 e. The summed E-state index contributed by atoms with van der Waals surface area (Å²) in [7, 11) is 0. The molecule has 0 saturated heterocycles. The van der Waals surface area contributed by atoms with E-state index >= 15 is 0 Å². The van der Waals surface area contributed by atoms with Crippen molar-refractivity contribution in [3.05, 3.63) is 9.39 Å². The number of aromatic nitrogens is 2. The third kappa shape index (κ3) is 1.56. The number of nitrogens with two attached hydrogens (primary N) is 2. The first-order valence-electron chi connectivity index (χ1n) is 2.74. The Morgan fingerprint density at radius 2 is 1.73 bits per heavy atom. The van der Waals surface area contributed by atoms with Crippen LogP contribution in [0, 0.1) is 9.24 Å². The van der Waals surface area contributed by atoms with Gasteiger partial charge < -0.3 is 16.9 Å². The van der Waals surface area contributed by atoms with Crippen molar-refractivity contribution in [2.45, 2.75) is 0 Å². The molecule has 5 N–H and O–H groups in total. The second-order valence-electron chi connectivity index (χ2n) is 1.82. The predicted octanol–water partition coefficient (Wildman–Crippen LogP) is 0.243. The quantitative estimate of drug-likeness (QED) is 0.383. The van der Waals surface area contributed by atoms with Crippen molar-refractivity contribution in [2.24, 2.45) is 0 Å². The molecule has 0 radical (unpaired) electrons. The normalized spacial score (nSPS) is 9.55. The molecule has 1 aromatic rings. The van der Waals surface area contributed by atoms with Crippen molar-refractivity contribution < 1.29 is 0 Å². The standard InChI is InChI=1S/C5H6IN5/c6-5-10-3(8)2(1-7)4(9)11-5/h1,7H,(H4,8,9,10,11). The fraction of sp³-hybridized carbons (Fsp3) is 0. The molecule has 0 aliphatic carbocycles. The first kappa shape index (κ1) is 8.18. The van der Waals surface area contributed by atoms with E-state index in [1.165, 1.54) is 0 Å². The average molecular weight is 263 g/mol. The molecule has 0 aromatic carbocycles. The van der Waals surface area contributed by atoms with Crippen LogP contribution in [-0.2, 0) is 0 Å². The number of nitrogens with one attached hydrogen (secondary N) is 1. The third-order valence-electron chi connectivity index (χ3n) is 1.12. The Hall–Kier alpha value is -0.920. The fourth-order valence-corrected chi connectivity index (χ4v) is 1.14. The number of hydrogen-bond acceptors (Lipinski definition) is 5. The Kier molecular flexibility index (Phi) is 2.22. The van der Waals surface area contributed by atoms with Gasteiger partial charge >= 0.3 is 0 Å². The molecule has 5 nitrogen and oxygen atoms in total. The van der Waals surface area contributed by atoms with Crippen LogP contribution >= 0.6 is 22.6 Å². The monoisotopic (exact) mass is 263 g/mol. The maximum atomic E-state index is 6.93. The summed E-state index contributed by atoms with van der Waals surface area (Å²) < 4.78 is 0.489. The van der Waals surface area contributed by atoms with E-state index in [0.29, 0.717) is 9.39 Å². The molecule has 0 aliphatic heterocycles. The lowest BCUT2D eigenvalue weighted by molar-refractivity contribution is 1.12. The van der Waals surface area contributed by atoms with Crippen LogP contribution in [0.25, 0.3) is 0 Å². The molecule has 0 bridgehead atoms. The second kappa shape index (κ2) is 2.99. The molecule has 0 atom stereocenters. The van der Waals surface area contributed by atoms with Crippen LogP contribution in [0.15, 0.2) is 0 Å². The topological polar surface area (TPSA) is 102 Å². The van der Waals surface area contributed by atoms with Gasteiger partial charge in [-0.1, -0.05) is 0 Å². The van der Waals surface area contributed by atoms with Gasteiger partial charge in [0.25, 0.3) is 0 Å². The first-order chi connectivity index (χ1) is 5.15. The van der Waals surface area contributed by atoms with E-state index in [-0.39, 0.29) is 11.6 Å². The SMILES string of the molecule is N=Cc1c(N)nc(I)nc1N. The molecule has 11 heavy (non-hydrogen) atoms. The van der Waals surface area contributed by atoms with Crippen molar-refractivity contribution in [1.29, 1.82) is 5.41 Å². The highest BCUT2D eigenvalue weighted by Crippen LogP contribution is 2.13. The highest BCUT2D eigenvalue weighted by atomic mass is 127. The van der Waals surface area contributed by atoms with Crippen molar-refractivity contribution in [2.75, 3.05) is 11.5 Å². The van der Waals surface area contributed by atoms with Gasteiger partial charge in [0.05, 0.1) is 5.56 Å². The van der Waals surface area contributed by atoms with Crippen LogP contribution in [0.1, 0.15) is 5.56 Å². The Morgan fingerprint density at radius 3 is 2.09 bits per heavy atom. The molecule has 6 heteroatoms. The molecule has 58 valence electrons. The molecule has 0 unspecified atom stereocenters. The van der Waals surface area contributed by atoms with Gasteiger partial charge in [-0.25, -0.2) is 9.97 Å². The largest absolute Gasteiger partial charge is 0.383 e. The summed E-state index contributed by atoms with van der Waals surface area (Å²) in [6.45, 7) is 0. The molecular formula is C5H6IN5. The summed E-state index contributed by atoms with van der Waals surface area (Å²) in [6.07, 6.45) is 1.04. The van der Waals surface area contributed by atoms with E-state index in [1.807, 2.05) is 22.6 Å². The van der Waals surface area contributed by atoms with Gasteiger partial charge in [0.15, 0.2) is 3.83 Å². The van der Waals surface area contributed by atoms with Gasteiger partial charge in [-0.3, -0.25) is 0 Å². The minimum Gasteiger partial charge on any atom is -0.383 e. The molecule has 0 amide bonds. The van der Waals surface area contributed by atoms with Gasteiger partial charge in [-0.15, -0.1) is 0 Å². The molecular weight excluding hydrogens is 257 g/mol. The Bertz CT molecular complexity index is 274. The third-order valence-corrected chi connectivity index (χ3v) is 1.60. The highest BCUT2D eigenvalue weighted by Gasteiger charge is 2.04. The minimum absolute atomic E-state index is 0.247. The number of nitrogen functional groups attached to an aromatic ring is 2. The first-order valence-corrected chi connectivity index (χ1v) is 3.82. The molecule has 1 heterocycles. The number of halogens is 1. The van der Waals surface area contributed by atoms with E-state index in [0.717, 1.165) is 6.21 Å². The van der Waals surface area contributed by atoms with Gasteiger partial charge in [-0.05, 0) is 0 Å². The van der Waals surface area contributed by atoms with E-state index in [4.69, 9.17) is 16.9 Å². The highest BCUT2D eigenvalue weighted by molar-refractivity contribution is 14.1. The van der Waals surface area contributed by atoms with Crippen LogP contribution in [0.3, 0.4) is 0 Å². The Morgan fingerprint density at radius 1 is 1.27 bits per heavy atom. The van der Waals surface area contributed by atoms with Crippen LogP contribution in [0.5, 0.6) is 0 Å². The summed E-state index contributed by atoms with van der Waals surface area (Å²) in [4.78, 5) is 7.65. The summed E-state index contributed by atoms with van der Waals surface area (Å²) in [5.74, 6) is 0.494. The summed E-state index contributed by atoms with van der Waals surface area (Å²) in [5, 5.41) is 6.93. The zero-order chi connectivity index (χ0) is 8.43. The molecule has 0 saturated carbocycles. The number of anilines is 2. The number of rotatable bonds is 1. The minimum atomic E-state index is 0.247. The predicted molar refractivity (Wildman–Crippen MR) is 51.5 cm³/mol. The van der Waals surface area contributed by atoms with Crippen molar-refractivity contribution >= 4 is 40.4 Å². The van der Waals surface area contributed by atoms with Crippen molar-refractivity contribution in [3.8, 4) is 0 Å². The lowest BCUT2D eigenvalue weighted by Gasteiger charge is -2.01.